The molecule has 0 radical (unpaired) electrons. The average molecular weight is 370 g/mol. The number of carbonyl (C=O) groups excluding carboxylic acids is 1. The normalized spacial score (nSPS) is 21.6. The van der Waals surface area contributed by atoms with Crippen LogP contribution >= 0.6 is 0 Å². The van der Waals surface area contributed by atoms with Gasteiger partial charge in [0.2, 0.25) is 0 Å². The quantitative estimate of drug-likeness (QED) is 0.396. The van der Waals surface area contributed by atoms with Crippen LogP contribution in [0.4, 0.5) is 5.69 Å². The third-order valence-corrected chi connectivity index (χ3v) is 6.17. The number of carbonyl (C=O) groups is 1. The first-order chi connectivity index (χ1) is 11.7. The average Bonchev–Trinajstić information content (AvgIpc) is 2.89. The molecule has 1 aromatic carbocycles. The summed E-state index contributed by atoms with van der Waals surface area (Å²) >= 11 is 0. The number of benzene rings is 1. The largest absolute Gasteiger partial charge is 0.393 e. The summed E-state index contributed by atoms with van der Waals surface area (Å²) in [7, 11) is -2.97. The second kappa shape index (κ2) is 8.03. The van der Waals surface area contributed by atoms with Crippen LogP contribution < -0.4 is 5.32 Å². The molecule has 8 nitrogen and oxygen atoms in total. The van der Waals surface area contributed by atoms with Gasteiger partial charge in [-0.25, -0.2) is 8.42 Å². The van der Waals surface area contributed by atoms with Crippen molar-refractivity contribution < 1.29 is 23.2 Å². The fraction of sp³-hybridized carbons (Fsp3) is 0.562. The first kappa shape index (κ1) is 19.5. The minimum absolute atomic E-state index is 0.0998. The summed E-state index contributed by atoms with van der Waals surface area (Å²) in [6.07, 6.45) is 0.0268. The standard InChI is InChI=1S/C16H22N2O6S/c1-11(19)15(6-8-17-13-7-9-25(23,24)10-13)16(20)12-2-4-14(5-3-12)18(21)22/h2-5,11,13,15,17,19H,6-10H2,1H3/t11-,13-,15+/m0/s1. The summed E-state index contributed by atoms with van der Waals surface area (Å²) in [5.74, 6) is -0.674. The number of nitrogens with zero attached hydrogens (tertiary/aromatic N) is 1. The molecule has 0 aliphatic carbocycles. The zero-order valence-electron chi connectivity index (χ0n) is 13.9. The Morgan fingerprint density at radius 2 is 2.04 bits per heavy atom. The number of hydrogen-bond acceptors (Lipinski definition) is 7. The molecule has 0 aromatic heterocycles. The predicted molar refractivity (Wildman–Crippen MR) is 92.3 cm³/mol. The maximum absolute atomic E-state index is 12.5. The highest BCUT2D eigenvalue weighted by Crippen LogP contribution is 2.20. The Balaban J connectivity index is 1.95. The third kappa shape index (κ3) is 5.32. The van der Waals surface area contributed by atoms with E-state index in [1.54, 1.807) is 0 Å². The van der Waals surface area contributed by atoms with E-state index in [9.17, 15) is 28.4 Å². The van der Waals surface area contributed by atoms with E-state index >= 15 is 0 Å². The van der Waals surface area contributed by atoms with Gasteiger partial charge in [0.05, 0.1) is 22.5 Å². The minimum atomic E-state index is -2.97. The van der Waals surface area contributed by atoms with E-state index in [2.05, 4.69) is 5.32 Å². The van der Waals surface area contributed by atoms with E-state index in [1.807, 2.05) is 0 Å². The minimum Gasteiger partial charge on any atom is -0.393 e. The van der Waals surface area contributed by atoms with Crippen LogP contribution in [-0.4, -0.2) is 54.4 Å². The Morgan fingerprint density at radius 3 is 2.52 bits per heavy atom. The van der Waals surface area contributed by atoms with Crippen LogP contribution in [0.2, 0.25) is 0 Å². The van der Waals surface area contributed by atoms with Crippen molar-refractivity contribution in [3.8, 4) is 0 Å². The number of rotatable bonds is 8. The molecule has 3 atom stereocenters. The lowest BCUT2D eigenvalue weighted by Gasteiger charge is -2.20. The van der Waals surface area contributed by atoms with Crippen molar-refractivity contribution in [1.82, 2.24) is 5.32 Å². The van der Waals surface area contributed by atoms with Gasteiger partial charge in [0.1, 0.15) is 0 Å². The molecular weight excluding hydrogens is 348 g/mol. The predicted octanol–water partition coefficient (Wildman–Crippen LogP) is 0.941. The van der Waals surface area contributed by atoms with Gasteiger partial charge in [0, 0.05) is 29.7 Å². The Kier molecular flexibility index (Phi) is 6.26. The molecule has 1 heterocycles. The van der Waals surface area contributed by atoms with E-state index in [0.29, 0.717) is 24.9 Å². The van der Waals surface area contributed by atoms with E-state index in [-0.39, 0.29) is 29.0 Å². The number of nitro benzene ring substituents is 1. The zero-order valence-corrected chi connectivity index (χ0v) is 14.7. The van der Waals surface area contributed by atoms with Gasteiger partial charge in [0.15, 0.2) is 15.6 Å². The fourth-order valence-electron chi connectivity index (χ4n) is 2.95. The van der Waals surface area contributed by atoms with Crippen LogP contribution in [0.5, 0.6) is 0 Å². The number of non-ortho nitro benzene ring substituents is 1. The maximum Gasteiger partial charge on any atom is 0.269 e. The third-order valence-electron chi connectivity index (χ3n) is 4.40. The number of aliphatic hydroxyl groups excluding tert-OH is 1. The molecule has 1 aliphatic heterocycles. The first-order valence-corrected chi connectivity index (χ1v) is 9.92. The number of nitrogens with one attached hydrogen (secondary N) is 1. The molecule has 0 saturated carbocycles. The summed E-state index contributed by atoms with van der Waals surface area (Å²) in [5.41, 5.74) is 0.203. The van der Waals surface area contributed by atoms with Crippen LogP contribution in [0.15, 0.2) is 24.3 Å². The molecular formula is C16H22N2O6S. The Hall–Kier alpha value is -1.84. The molecule has 0 spiro atoms. The number of nitro groups is 1. The van der Waals surface area contributed by atoms with Crippen LogP contribution in [0.3, 0.4) is 0 Å². The summed E-state index contributed by atoms with van der Waals surface area (Å²) in [4.78, 5) is 22.7. The van der Waals surface area contributed by atoms with Crippen molar-refractivity contribution in [2.24, 2.45) is 5.92 Å². The number of sulfone groups is 1. The summed E-state index contributed by atoms with van der Waals surface area (Å²) in [5, 5.41) is 23.7. The highest BCUT2D eigenvalue weighted by atomic mass is 32.2. The molecule has 138 valence electrons. The van der Waals surface area contributed by atoms with Gasteiger partial charge >= 0.3 is 0 Å². The SMILES string of the molecule is C[C@H](O)[C@@H](CCN[C@H]1CCS(=O)(=O)C1)C(=O)c1ccc([N+](=O)[O-])cc1. The molecule has 0 amide bonds. The summed E-state index contributed by atoms with van der Waals surface area (Å²) < 4.78 is 22.9. The van der Waals surface area contributed by atoms with Gasteiger partial charge in [0.25, 0.3) is 5.69 Å². The van der Waals surface area contributed by atoms with Gasteiger partial charge in [-0.3, -0.25) is 14.9 Å². The molecule has 2 N–H and O–H groups in total. The smallest absolute Gasteiger partial charge is 0.269 e. The fourth-order valence-corrected chi connectivity index (χ4v) is 4.66. The monoisotopic (exact) mass is 370 g/mol. The first-order valence-electron chi connectivity index (χ1n) is 8.10. The number of ketones is 1. The van der Waals surface area contributed by atoms with Crippen molar-refractivity contribution in [1.29, 1.82) is 0 Å². The van der Waals surface area contributed by atoms with E-state index in [0.717, 1.165) is 0 Å². The second-order valence-electron chi connectivity index (χ2n) is 6.36. The molecule has 1 aromatic rings. The molecule has 1 saturated heterocycles. The molecule has 0 bridgehead atoms. The van der Waals surface area contributed by atoms with Crippen molar-refractivity contribution >= 4 is 21.3 Å². The molecule has 2 rings (SSSR count). The highest BCUT2D eigenvalue weighted by molar-refractivity contribution is 7.91. The number of aliphatic hydroxyl groups is 1. The molecule has 1 aliphatic rings. The van der Waals surface area contributed by atoms with Gasteiger partial charge in [-0.15, -0.1) is 0 Å². The molecule has 9 heteroatoms. The lowest BCUT2D eigenvalue weighted by atomic mass is 9.90. The van der Waals surface area contributed by atoms with Crippen LogP contribution in [0, 0.1) is 16.0 Å². The van der Waals surface area contributed by atoms with Crippen molar-refractivity contribution in [2.45, 2.75) is 31.9 Å². The number of Topliss-reactive ketones (excluding diaryl/α,β-unsaturated/α-hetero) is 1. The van der Waals surface area contributed by atoms with Gasteiger partial charge in [-0.1, -0.05) is 0 Å². The Bertz CT molecular complexity index is 729. The van der Waals surface area contributed by atoms with Crippen LogP contribution in [-0.2, 0) is 9.84 Å². The van der Waals surface area contributed by atoms with Crippen LogP contribution in [0.1, 0.15) is 30.1 Å². The highest BCUT2D eigenvalue weighted by Gasteiger charge is 2.29. The zero-order chi connectivity index (χ0) is 18.6. The van der Waals surface area contributed by atoms with Crippen molar-refractivity contribution in [3.63, 3.8) is 0 Å². The van der Waals surface area contributed by atoms with Crippen molar-refractivity contribution in [3.05, 3.63) is 39.9 Å². The van der Waals surface area contributed by atoms with Crippen LogP contribution in [0.25, 0.3) is 0 Å². The van der Waals surface area contributed by atoms with E-state index in [1.165, 1.54) is 31.2 Å². The molecule has 1 fully saturated rings. The number of hydrogen-bond donors (Lipinski definition) is 2. The van der Waals surface area contributed by atoms with E-state index in [4.69, 9.17) is 0 Å². The second-order valence-corrected chi connectivity index (χ2v) is 8.59. The van der Waals surface area contributed by atoms with Gasteiger partial charge in [-0.05, 0) is 38.4 Å². The Morgan fingerprint density at radius 1 is 1.40 bits per heavy atom. The van der Waals surface area contributed by atoms with Gasteiger partial charge < -0.3 is 10.4 Å². The molecule has 0 unspecified atom stereocenters. The maximum atomic E-state index is 12.5. The Labute approximate surface area is 146 Å². The lowest BCUT2D eigenvalue weighted by Crippen LogP contribution is -2.35. The molecule has 25 heavy (non-hydrogen) atoms. The van der Waals surface area contributed by atoms with Gasteiger partial charge in [-0.2, -0.15) is 0 Å². The summed E-state index contributed by atoms with van der Waals surface area (Å²) in [6, 6.07) is 5.16. The topological polar surface area (TPSA) is 127 Å². The van der Waals surface area contributed by atoms with Crippen molar-refractivity contribution in [2.75, 3.05) is 18.1 Å². The lowest BCUT2D eigenvalue weighted by molar-refractivity contribution is -0.384. The van der Waals surface area contributed by atoms with E-state index < -0.39 is 26.8 Å². The summed E-state index contributed by atoms with van der Waals surface area (Å²) in [6.45, 7) is 1.93.